The number of benzene rings is 2. The number of alkyl carbamates (subject to hydrolysis) is 1. The molecule has 1 saturated heterocycles. The quantitative estimate of drug-likeness (QED) is 0.288. The van der Waals surface area contributed by atoms with Crippen molar-refractivity contribution in [2.45, 2.75) is 37.7 Å². The molecule has 210 valence electrons. The molecular weight excluding hydrogens is 520 g/mol. The Morgan fingerprint density at radius 1 is 0.923 bits per heavy atom. The number of hydrogen-bond acceptors (Lipinski definition) is 6. The average molecular weight is 557 g/mol. The third-order valence-corrected chi connectivity index (χ3v) is 8.19. The van der Waals surface area contributed by atoms with Crippen LogP contribution in [0.15, 0.2) is 73.3 Å². The van der Waals surface area contributed by atoms with Crippen molar-refractivity contribution in [3.8, 4) is 0 Å². The van der Waals surface area contributed by atoms with Crippen LogP contribution in [0, 0.1) is 0 Å². The molecule has 0 bridgehead atoms. The Morgan fingerprint density at radius 3 is 2.15 bits per heavy atom. The molecule has 10 nitrogen and oxygen atoms in total. The van der Waals surface area contributed by atoms with Crippen molar-refractivity contribution in [1.29, 1.82) is 0 Å². The van der Waals surface area contributed by atoms with Gasteiger partial charge in [0, 0.05) is 32.7 Å². The number of sulfonamides is 1. The maximum absolute atomic E-state index is 13.4. The molecule has 2 N–H and O–H groups in total. The van der Waals surface area contributed by atoms with Crippen LogP contribution in [-0.2, 0) is 36.7 Å². The lowest BCUT2D eigenvalue weighted by molar-refractivity contribution is -0.134. The second-order valence-corrected chi connectivity index (χ2v) is 11.2. The summed E-state index contributed by atoms with van der Waals surface area (Å²) < 4.78 is 32.5. The van der Waals surface area contributed by atoms with Crippen molar-refractivity contribution >= 4 is 27.9 Å². The van der Waals surface area contributed by atoms with Crippen LogP contribution in [0.25, 0.3) is 0 Å². The van der Waals surface area contributed by atoms with Gasteiger partial charge >= 0.3 is 6.09 Å². The zero-order valence-corrected chi connectivity index (χ0v) is 22.8. The van der Waals surface area contributed by atoms with E-state index in [0.717, 1.165) is 5.56 Å². The van der Waals surface area contributed by atoms with Gasteiger partial charge in [0.05, 0.1) is 5.75 Å². The van der Waals surface area contributed by atoms with Crippen molar-refractivity contribution in [3.05, 3.63) is 84.4 Å². The molecule has 11 heteroatoms. The summed E-state index contributed by atoms with van der Waals surface area (Å²) in [4.78, 5) is 38.8. The van der Waals surface area contributed by atoms with Crippen molar-refractivity contribution in [2.75, 3.05) is 32.7 Å². The summed E-state index contributed by atoms with van der Waals surface area (Å²) in [7, 11) is -3.52. The molecule has 1 aliphatic rings. The normalized spacial score (nSPS) is 14.7. The van der Waals surface area contributed by atoms with Crippen molar-refractivity contribution in [1.82, 2.24) is 19.8 Å². The van der Waals surface area contributed by atoms with Gasteiger partial charge in [-0.1, -0.05) is 67.2 Å². The summed E-state index contributed by atoms with van der Waals surface area (Å²) in [5.74, 6) is -0.658. The molecular formula is C28H36N4O6S. The van der Waals surface area contributed by atoms with E-state index in [4.69, 9.17) is 4.74 Å². The third kappa shape index (κ3) is 9.84. The molecule has 1 atom stereocenters. The van der Waals surface area contributed by atoms with Gasteiger partial charge in [-0.15, -0.1) is 0 Å². The van der Waals surface area contributed by atoms with Gasteiger partial charge < -0.3 is 20.3 Å². The van der Waals surface area contributed by atoms with Crippen LogP contribution in [0.2, 0.25) is 0 Å². The van der Waals surface area contributed by atoms with Crippen LogP contribution >= 0.6 is 0 Å². The maximum Gasteiger partial charge on any atom is 0.408 e. The molecule has 3 amide bonds. The smallest absolute Gasteiger partial charge is 0.408 e. The Hall–Kier alpha value is -3.70. The van der Waals surface area contributed by atoms with Crippen molar-refractivity contribution < 1.29 is 27.5 Å². The summed E-state index contributed by atoms with van der Waals surface area (Å²) in [5, 5.41) is 5.37. The highest BCUT2D eigenvalue weighted by Crippen LogP contribution is 2.15. The summed E-state index contributed by atoms with van der Waals surface area (Å²) >= 11 is 0. The third-order valence-electron chi connectivity index (χ3n) is 6.34. The number of carbonyl (C=O) groups excluding carboxylic acids is 3. The zero-order chi connectivity index (χ0) is 28.1. The van der Waals surface area contributed by atoms with Gasteiger partial charge in [-0.2, -0.15) is 4.31 Å². The minimum atomic E-state index is -3.52. The van der Waals surface area contributed by atoms with E-state index in [1.165, 1.54) is 10.4 Å². The molecule has 2 aromatic carbocycles. The Balaban J connectivity index is 1.55. The molecule has 0 aliphatic carbocycles. The van der Waals surface area contributed by atoms with Gasteiger partial charge in [0.1, 0.15) is 12.6 Å². The lowest BCUT2D eigenvalue weighted by Crippen LogP contribution is -2.56. The maximum atomic E-state index is 13.4. The number of nitrogens with zero attached hydrogens (tertiary/aromatic N) is 2. The van der Waals surface area contributed by atoms with Crippen LogP contribution in [0.1, 0.15) is 30.4 Å². The van der Waals surface area contributed by atoms with E-state index >= 15 is 0 Å². The van der Waals surface area contributed by atoms with E-state index in [0.29, 0.717) is 31.4 Å². The highest BCUT2D eigenvalue weighted by atomic mass is 32.2. The fraction of sp³-hybridized carbons (Fsp3) is 0.393. The largest absolute Gasteiger partial charge is 0.445 e. The summed E-state index contributed by atoms with van der Waals surface area (Å²) in [6, 6.07) is 17.3. The number of unbranched alkanes of at least 4 members (excludes halogenated alkanes) is 1. The highest BCUT2D eigenvalue weighted by molar-refractivity contribution is 7.88. The lowest BCUT2D eigenvalue weighted by Gasteiger charge is -2.36. The Kier molecular flexibility index (Phi) is 11.5. The van der Waals surface area contributed by atoms with E-state index in [-0.39, 0.29) is 50.4 Å². The molecule has 0 saturated carbocycles. The van der Waals surface area contributed by atoms with Gasteiger partial charge in [0.25, 0.3) is 0 Å². The second kappa shape index (κ2) is 15.0. The van der Waals surface area contributed by atoms with Gasteiger partial charge in [-0.05, 0) is 36.5 Å². The molecule has 2 aromatic rings. The monoisotopic (exact) mass is 556 g/mol. The van der Waals surface area contributed by atoms with E-state index in [1.807, 2.05) is 36.4 Å². The first-order valence-electron chi connectivity index (χ1n) is 13.0. The number of nitrogens with one attached hydrogen (secondary N) is 2. The minimum Gasteiger partial charge on any atom is -0.445 e. The fourth-order valence-corrected chi connectivity index (χ4v) is 5.72. The van der Waals surface area contributed by atoms with E-state index in [2.05, 4.69) is 17.2 Å². The van der Waals surface area contributed by atoms with Crippen molar-refractivity contribution in [2.24, 2.45) is 0 Å². The molecule has 0 unspecified atom stereocenters. The molecule has 0 aromatic heterocycles. The van der Waals surface area contributed by atoms with Crippen LogP contribution in [0.5, 0.6) is 0 Å². The van der Waals surface area contributed by atoms with E-state index in [1.54, 1.807) is 29.2 Å². The number of amides is 3. The highest BCUT2D eigenvalue weighted by Gasteiger charge is 2.32. The van der Waals surface area contributed by atoms with E-state index < -0.39 is 22.2 Å². The Morgan fingerprint density at radius 2 is 1.54 bits per heavy atom. The topological polar surface area (TPSA) is 125 Å². The first-order valence-corrected chi connectivity index (χ1v) is 14.6. The van der Waals surface area contributed by atoms with Gasteiger partial charge in [-0.3, -0.25) is 9.59 Å². The predicted molar refractivity (Wildman–Crippen MR) is 148 cm³/mol. The number of rotatable bonds is 13. The summed E-state index contributed by atoms with van der Waals surface area (Å²) in [6.45, 7) is 4.70. The average Bonchev–Trinajstić information content (AvgIpc) is 2.95. The molecule has 0 spiro atoms. The van der Waals surface area contributed by atoms with Crippen molar-refractivity contribution in [3.63, 3.8) is 0 Å². The Bertz CT molecular complexity index is 1200. The van der Waals surface area contributed by atoms with Crippen LogP contribution in [-0.4, -0.2) is 74.3 Å². The fourth-order valence-electron chi connectivity index (χ4n) is 4.20. The number of hydrogen-bond donors (Lipinski definition) is 2. The standard InChI is InChI=1S/C28H36N4O6S/c1-2-26(33)29-16-10-9-15-25(30-28(35)38-21-23-11-5-3-6-12-23)27(34)31-17-19-32(20-18-31)39(36,37)22-24-13-7-4-8-14-24/h2-8,11-14,25H,1,9-10,15-22H2,(H,29,33)(H,30,35)/t25-/m0/s1. The number of piperazine rings is 1. The molecule has 1 heterocycles. The van der Waals surface area contributed by atoms with Gasteiger partial charge in [0.15, 0.2) is 0 Å². The molecule has 0 radical (unpaired) electrons. The Labute approximate surface area is 230 Å². The first-order chi connectivity index (χ1) is 18.8. The van der Waals surface area contributed by atoms with E-state index in [9.17, 15) is 22.8 Å². The minimum absolute atomic E-state index is 0.0686. The van der Waals surface area contributed by atoms with Crippen LogP contribution in [0.4, 0.5) is 4.79 Å². The van der Waals surface area contributed by atoms with Crippen LogP contribution < -0.4 is 10.6 Å². The first kappa shape index (κ1) is 29.9. The SMILES string of the molecule is C=CC(=O)NCCCC[C@H](NC(=O)OCc1ccccc1)C(=O)N1CCN(S(=O)(=O)Cc2ccccc2)CC1. The molecule has 3 rings (SSSR count). The lowest BCUT2D eigenvalue weighted by atomic mass is 10.1. The van der Waals surface area contributed by atoms with Gasteiger partial charge in [-0.25, -0.2) is 13.2 Å². The second-order valence-electron chi connectivity index (χ2n) is 9.22. The van der Waals surface area contributed by atoms with Crippen LogP contribution in [0.3, 0.4) is 0 Å². The summed E-state index contributed by atoms with van der Waals surface area (Å²) in [5.41, 5.74) is 1.53. The number of carbonyl (C=O) groups is 3. The molecule has 1 aliphatic heterocycles. The predicted octanol–water partition coefficient (Wildman–Crippen LogP) is 2.43. The molecule has 39 heavy (non-hydrogen) atoms. The number of ether oxygens (including phenoxy) is 1. The summed E-state index contributed by atoms with van der Waals surface area (Å²) in [6.07, 6.45) is 2.00. The van der Waals surface area contributed by atoms with Gasteiger partial charge in [0.2, 0.25) is 21.8 Å². The molecule has 1 fully saturated rings. The zero-order valence-electron chi connectivity index (χ0n) is 22.0.